The lowest BCUT2D eigenvalue weighted by molar-refractivity contribution is 0.00381. The van der Waals surface area contributed by atoms with Crippen LogP contribution < -0.4 is 5.32 Å². The van der Waals surface area contributed by atoms with E-state index in [1.54, 1.807) is 0 Å². The number of nitrogens with one attached hydrogen (secondary N) is 1. The Morgan fingerprint density at radius 2 is 1.69 bits per heavy atom. The van der Waals surface area contributed by atoms with Gasteiger partial charge in [0.05, 0.1) is 12.2 Å². The zero-order chi connectivity index (χ0) is 10.3. The molecule has 0 saturated carbocycles. The van der Waals surface area contributed by atoms with Crippen LogP contribution in [0.2, 0.25) is 0 Å². The van der Waals surface area contributed by atoms with Gasteiger partial charge in [-0.15, -0.1) is 0 Å². The number of rotatable bonds is 7. The molecule has 0 aliphatic carbocycles. The van der Waals surface area contributed by atoms with E-state index in [0.29, 0.717) is 18.2 Å². The first-order valence-corrected chi connectivity index (χ1v) is 5.45. The molecule has 2 nitrogen and oxygen atoms in total. The van der Waals surface area contributed by atoms with Gasteiger partial charge in [-0.3, -0.25) is 0 Å². The van der Waals surface area contributed by atoms with Crippen molar-refractivity contribution in [3.8, 4) is 0 Å². The summed E-state index contributed by atoms with van der Waals surface area (Å²) in [6.07, 6.45) is 3.08. The van der Waals surface area contributed by atoms with E-state index >= 15 is 0 Å². The van der Waals surface area contributed by atoms with Crippen molar-refractivity contribution < 1.29 is 4.74 Å². The Kier molecular flexibility index (Phi) is 7.29. The minimum Gasteiger partial charge on any atom is -0.374 e. The lowest BCUT2D eigenvalue weighted by Gasteiger charge is -2.20. The van der Waals surface area contributed by atoms with Crippen molar-refractivity contribution in [3.05, 3.63) is 0 Å². The molecule has 0 aliphatic heterocycles. The highest BCUT2D eigenvalue weighted by molar-refractivity contribution is 4.61. The van der Waals surface area contributed by atoms with Gasteiger partial charge in [0.15, 0.2) is 0 Å². The van der Waals surface area contributed by atoms with Crippen molar-refractivity contribution in [1.29, 1.82) is 0 Å². The predicted molar refractivity (Wildman–Crippen MR) is 58.1 cm³/mol. The lowest BCUT2D eigenvalue weighted by Crippen LogP contribution is -2.33. The van der Waals surface area contributed by atoms with Gasteiger partial charge in [0.25, 0.3) is 0 Å². The average Bonchev–Trinajstić information content (AvgIpc) is 2.01. The second-order valence-electron chi connectivity index (χ2n) is 4.11. The normalized spacial score (nSPS) is 16.2. The SMILES string of the molecule is CCCC(C)OC(C)CNC(C)C. The summed E-state index contributed by atoms with van der Waals surface area (Å²) in [6.45, 7) is 11.7. The molecule has 0 rings (SSSR count). The standard InChI is InChI=1S/C11H25NO/c1-6-7-10(4)13-11(5)8-12-9(2)3/h9-12H,6-8H2,1-5H3. The molecular formula is C11H25NO. The molecule has 0 amide bonds. The molecule has 0 aromatic rings. The van der Waals surface area contributed by atoms with Gasteiger partial charge in [0, 0.05) is 12.6 Å². The molecule has 0 heterocycles. The van der Waals surface area contributed by atoms with E-state index in [1.807, 2.05) is 0 Å². The second kappa shape index (κ2) is 7.34. The van der Waals surface area contributed by atoms with E-state index in [-0.39, 0.29) is 0 Å². The van der Waals surface area contributed by atoms with E-state index in [0.717, 1.165) is 13.0 Å². The van der Waals surface area contributed by atoms with Crippen LogP contribution in [0.25, 0.3) is 0 Å². The molecule has 0 fully saturated rings. The maximum Gasteiger partial charge on any atom is 0.0675 e. The highest BCUT2D eigenvalue weighted by atomic mass is 16.5. The lowest BCUT2D eigenvalue weighted by atomic mass is 10.2. The van der Waals surface area contributed by atoms with E-state index in [1.165, 1.54) is 6.42 Å². The summed E-state index contributed by atoms with van der Waals surface area (Å²) in [6, 6.07) is 0.549. The molecule has 1 N–H and O–H groups in total. The smallest absolute Gasteiger partial charge is 0.0675 e. The Hall–Kier alpha value is -0.0800. The van der Waals surface area contributed by atoms with E-state index in [9.17, 15) is 0 Å². The van der Waals surface area contributed by atoms with Crippen LogP contribution in [0.5, 0.6) is 0 Å². The topological polar surface area (TPSA) is 21.3 Å². The largest absolute Gasteiger partial charge is 0.374 e. The highest BCUT2D eigenvalue weighted by Gasteiger charge is 2.07. The maximum atomic E-state index is 5.78. The molecule has 0 bridgehead atoms. The van der Waals surface area contributed by atoms with Crippen molar-refractivity contribution >= 4 is 0 Å². The Labute approximate surface area is 83.1 Å². The van der Waals surface area contributed by atoms with Crippen LogP contribution in [0.1, 0.15) is 47.5 Å². The number of ether oxygens (including phenoxy) is 1. The molecule has 0 aromatic heterocycles. The molecule has 2 atom stereocenters. The highest BCUT2D eigenvalue weighted by Crippen LogP contribution is 2.04. The van der Waals surface area contributed by atoms with Crippen molar-refractivity contribution in [2.45, 2.75) is 65.7 Å². The van der Waals surface area contributed by atoms with Gasteiger partial charge in [-0.2, -0.15) is 0 Å². The fourth-order valence-corrected chi connectivity index (χ4v) is 1.32. The van der Waals surface area contributed by atoms with Gasteiger partial charge in [0.1, 0.15) is 0 Å². The molecule has 0 aromatic carbocycles. The summed E-state index contributed by atoms with van der Waals surface area (Å²) in [7, 11) is 0. The summed E-state index contributed by atoms with van der Waals surface area (Å²) in [4.78, 5) is 0. The van der Waals surface area contributed by atoms with Crippen LogP contribution in [-0.2, 0) is 4.74 Å². The van der Waals surface area contributed by atoms with Gasteiger partial charge in [0.2, 0.25) is 0 Å². The molecule has 0 radical (unpaired) electrons. The Morgan fingerprint density at radius 3 is 2.15 bits per heavy atom. The number of hydrogen-bond acceptors (Lipinski definition) is 2. The molecule has 0 spiro atoms. The second-order valence-corrected chi connectivity index (χ2v) is 4.11. The van der Waals surface area contributed by atoms with E-state index in [4.69, 9.17) is 4.74 Å². The maximum absolute atomic E-state index is 5.78. The Balaban J connectivity index is 3.43. The zero-order valence-electron chi connectivity index (χ0n) is 9.76. The molecule has 80 valence electrons. The third-order valence-electron chi connectivity index (χ3n) is 1.97. The first-order valence-electron chi connectivity index (χ1n) is 5.45. The Morgan fingerprint density at radius 1 is 1.08 bits per heavy atom. The monoisotopic (exact) mass is 187 g/mol. The molecule has 2 heteroatoms. The van der Waals surface area contributed by atoms with Gasteiger partial charge in [-0.1, -0.05) is 27.2 Å². The fraction of sp³-hybridized carbons (Fsp3) is 1.00. The molecule has 0 saturated heterocycles. The quantitative estimate of drug-likeness (QED) is 0.661. The third-order valence-corrected chi connectivity index (χ3v) is 1.97. The zero-order valence-corrected chi connectivity index (χ0v) is 9.76. The van der Waals surface area contributed by atoms with Gasteiger partial charge >= 0.3 is 0 Å². The van der Waals surface area contributed by atoms with E-state index < -0.39 is 0 Å². The van der Waals surface area contributed by atoms with Crippen LogP contribution in [-0.4, -0.2) is 24.8 Å². The van der Waals surface area contributed by atoms with Crippen LogP contribution >= 0.6 is 0 Å². The fourth-order valence-electron chi connectivity index (χ4n) is 1.32. The van der Waals surface area contributed by atoms with E-state index in [2.05, 4.69) is 39.9 Å². The molecule has 0 aliphatic rings. The van der Waals surface area contributed by atoms with Crippen molar-refractivity contribution in [1.82, 2.24) is 5.32 Å². The van der Waals surface area contributed by atoms with Crippen LogP contribution in [0.15, 0.2) is 0 Å². The molecule has 2 unspecified atom stereocenters. The first-order chi connectivity index (χ1) is 6.06. The summed E-state index contributed by atoms with van der Waals surface area (Å²) >= 11 is 0. The van der Waals surface area contributed by atoms with Gasteiger partial charge < -0.3 is 10.1 Å². The van der Waals surface area contributed by atoms with Crippen molar-refractivity contribution in [2.24, 2.45) is 0 Å². The third kappa shape index (κ3) is 8.26. The van der Waals surface area contributed by atoms with Crippen LogP contribution in [0.3, 0.4) is 0 Å². The predicted octanol–water partition coefficient (Wildman–Crippen LogP) is 2.58. The summed E-state index contributed by atoms with van der Waals surface area (Å²) in [5.41, 5.74) is 0. The van der Waals surface area contributed by atoms with Gasteiger partial charge in [-0.25, -0.2) is 0 Å². The van der Waals surface area contributed by atoms with Crippen LogP contribution in [0, 0.1) is 0 Å². The Bertz CT molecular complexity index is 115. The summed E-state index contributed by atoms with van der Waals surface area (Å²) in [5.74, 6) is 0. The number of hydrogen-bond donors (Lipinski definition) is 1. The van der Waals surface area contributed by atoms with Gasteiger partial charge in [-0.05, 0) is 20.3 Å². The first kappa shape index (κ1) is 12.9. The molecule has 13 heavy (non-hydrogen) atoms. The average molecular weight is 187 g/mol. The minimum absolute atomic E-state index is 0.323. The molecular weight excluding hydrogens is 162 g/mol. The summed E-state index contributed by atoms with van der Waals surface area (Å²) in [5, 5.41) is 3.37. The van der Waals surface area contributed by atoms with Crippen molar-refractivity contribution in [2.75, 3.05) is 6.54 Å². The summed E-state index contributed by atoms with van der Waals surface area (Å²) < 4.78 is 5.78. The van der Waals surface area contributed by atoms with Crippen LogP contribution in [0.4, 0.5) is 0 Å². The van der Waals surface area contributed by atoms with Crippen molar-refractivity contribution in [3.63, 3.8) is 0 Å². The minimum atomic E-state index is 0.323.